The summed E-state index contributed by atoms with van der Waals surface area (Å²) in [6.07, 6.45) is 0. The number of benzene rings is 2. The van der Waals surface area contributed by atoms with Gasteiger partial charge in [0.15, 0.2) is 0 Å². The van der Waals surface area contributed by atoms with Gasteiger partial charge in [-0.15, -0.1) is 0 Å². The topological polar surface area (TPSA) is 66.9 Å². The first-order valence-corrected chi connectivity index (χ1v) is 9.09. The first kappa shape index (κ1) is 17.3. The van der Waals surface area contributed by atoms with Crippen LogP contribution >= 0.6 is 0 Å². The Morgan fingerprint density at radius 1 is 1.11 bits per heavy atom. The second-order valence-corrected chi connectivity index (χ2v) is 8.13. The van der Waals surface area contributed by atoms with Crippen LogP contribution in [-0.2, 0) is 11.3 Å². The molecule has 0 atom stereocenters. The predicted molar refractivity (Wildman–Crippen MR) is 110 cm³/mol. The number of fused-ring (bicyclic) bond motifs is 5. The number of hydrogen-bond donors (Lipinski definition) is 2. The lowest BCUT2D eigenvalue weighted by Crippen LogP contribution is -2.43. The highest BCUT2D eigenvalue weighted by atomic mass is 16.2. The Morgan fingerprint density at radius 3 is 2.59 bits per heavy atom. The number of pyridine rings is 1. The van der Waals surface area contributed by atoms with Crippen molar-refractivity contribution in [3.63, 3.8) is 0 Å². The van der Waals surface area contributed by atoms with Crippen molar-refractivity contribution in [1.29, 1.82) is 0 Å². The molecule has 138 valence electrons. The number of aromatic amines is 1. The molecule has 4 aromatic rings. The van der Waals surface area contributed by atoms with E-state index in [1.165, 1.54) is 0 Å². The van der Waals surface area contributed by atoms with Gasteiger partial charge in [0.25, 0.3) is 5.56 Å². The zero-order chi connectivity index (χ0) is 19.3. The van der Waals surface area contributed by atoms with Gasteiger partial charge in [-0.1, -0.05) is 29.8 Å². The number of amides is 1. The molecule has 5 heteroatoms. The van der Waals surface area contributed by atoms with Crippen LogP contribution in [0.5, 0.6) is 0 Å². The summed E-state index contributed by atoms with van der Waals surface area (Å²) in [5.74, 6) is -0.175. The standard InChI is InChI=1S/C22H23N3O2/c1-13-9-10-17-15(11-13)20-19(14-7-5-6-8-16(14)23-20)21(27)25(17)12-18(26)24-22(2,3)4/h5-11,23H,12H2,1-4H3,(H,24,26). The van der Waals surface area contributed by atoms with Crippen LogP contribution in [0.3, 0.4) is 0 Å². The van der Waals surface area contributed by atoms with E-state index in [9.17, 15) is 9.59 Å². The molecule has 0 bridgehead atoms. The molecule has 2 heterocycles. The summed E-state index contributed by atoms with van der Waals surface area (Å²) in [5, 5.41) is 5.40. The normalized spacial score (nSPS) is 12.1. The van der Waals surface area contributed by atoms with Crippen LogP contribution in [0, 0.1) is 6.92 Å². The first-order valence-electron chi connectivity index (χ1n) is 9.09. The first-order chi connectivity index (χ1) is 12.7. The lowest BCUT2D eigenvalue weighted by atomic mass is 10.1. The van der Waals surface area contributed by atoms with Crippen molar-refractivity contribution < 1.29 is 4.79 Å². The van der Waals surface area contributed by atoms with Crippen molar-refractivity contribution in [1.82, 2.24) is 14.9 Å². The number of hydrogen-bond acceptors (Lipinski definition) is 2. The highest BCUT2D eigenvalue weighted by Gasteiger charge is 2.19. The van der Waals surface area contributed by atoms with Crippen molar-refractivity contribution in [3.8, 4) is 0 Å². The summed E-state index contributed by atoms with van der Waals surface area (Å²) in [7, 11) is 0. The molecule has 0 fully saturated rings. The molecule has 1 amide bonds. The number of carbonyl (C=O) groups excluding carboxylic acids is 1. The van der Waals surface area contributed by atoms with Crippen molar-refractivity contribution in [2.45, 2.75) is 39.8 Å². The van der Waals surface area contributed by atoms with E-state index in [-0.39, 0.29) is 23.6 Å². The fourth-order valence-corrected chi connectivity index (χ4v) is 3.65. The fourth-order valence-electron chi connectivity index (χ4n) is 3.65. The van der Waals surface area contributed by atoms with Crippen LogP contribution in [0.1, 0.15) is 26.3 Å². The molecule has 0 unspecified atom stereocenters. The molecule has 0 radical (unpaired) electrons. The molecular weight excluding hydrogens is 338 g/mol. The third kappa shape index (κ3) is 2.99. The average molecular weight is 361 g/mol. The minimum atomic E-state index is -0.349. The van der Waals surface area contributed by atoms with Gasteiger partial charge in [0, 0.05) is 21.8 Å². The number of H-pyrrole nitrogens is 1. The molecule has 0 aliphatic carbocycles. The highest BCUT2D eigenvalue weighted by molar-refractivity contribution is 6.16. The second-order valence-electron chi connectivity index (χ2n) is 8.13. The summed E-state index contributed by atoms with van der Waals surface area (Å²) in [4.78, 5) is 29.3. The third-order valence-electron chi connectivity index (χ3n) is 4.69. The van der Waals surface area contributed by atoms with E-state index in [1.54, 1.807) is 4.57 Å². The van der Waals surface area contributed by atoms with Gasteiger partial charge in [0.05, 0.1) is 16.4 Å². The second kappa shape index (κ2) is 5.98. The van der Waals surface area contributed by atoms with Gasteiger partial charge in [0.1, 0.15) is 6.54 Å². The van der Waals surface area contributed by atoms with E-state index < -0.39 is 0 Å². The lowest BCUT2D eigenvalue weighted by Gasteiger charge is -2.21. The molecule has 2 aromatic heterocycles. The highest BCUT2D eigenvalue weighted by Crippen LogP contribution is 2.29. The van der Waals surface area contributed by atoms with Crippen LogP contribution in [0.15, 0.2) is 47.3 Å². The smallest absolute Gasteiger partial charge is 0.261 e. The summed E-state index contributed by atoms with van der Waals surface area (Å²) < 4.78 is 1.58. The van der Waals surface area contributed by atoms with Crippen LogP contribution in [0.4, 0.5) is 0 Å². The Hall–Kier alpha value is -3.08. The van der Waals surface area contributed by atoms with Crippen molar-refractivity contribution in [3.05, 3.63) is 58.4 Å². The van der Waals surface area contributed by atoms with Crippen LogP contribution < -0.4 is 10.9 Å². The van der Waals surface area contributed by atoms with Crippen molar-refractivity contribution in [2.24, 2.45) is 0 Å². The zero-order valence-electron chi connectivity index (χ0n) is 16.0. The van der Waals surface area contributed by atoms with Gasteiger partial charge in [0.2, 0.25) is 5.91 Å². The Bertz CT molecular complexity index is 1260. The summed E-state index contributed by atoms with van der Waals surface area (Å²) in [6.45, 7) is 7.80. The molecule has 5 nitrogen and oxygen atoms in total. The van der Waals surface area contributed by atoms with E-state index >= 15 is 0 Å². The molecule has 0 aliphatic heterocycles. The molecule has 0 aliphatic rings. The molecule has 2 aromatic carbocycles. The minimum absolute atomic E-state index is 0.00882. The molecule has 0 spiro atoms. The number of aryl methyl sites for hydroxylation is 1. The predicted octanol–water partition coefficient (Wildman–Crippen LogP) is 3.86. The lowest BCUT2D eigenvalue weighted by molar-refractivity contribution is -0.123. The number of aromatic nitrogens is 2. The fraction of sp³-hybridized carbons (Fsp3) is 0.273. The Labute approximate surface area is 157 Å². The maximum atomic E-state index is 13.4. The summed E-state index contributed by atoms with van der Waals surface area (Å²) in [5.41, 5.74) is 3.11. The van der Waals surface area contributed by atoms with Gasteiger partial charge in [-0.3, -0.25) is 14.2 Å². The van der Waals surface area contributed by atoms with Crippen LogP contribution in [0.2, 0.25) is 0 Å². The van der Waals surface area contributed by atoms with Gasteiger partial charge in [-0.05, 0) is 45.9 Å². The third-order valence-corrected chi connectivity index (χ3v) is 4.69. The van der Waals surface area contributed by atoms with E-state index in [2.05, 4.69) is 16.4 Å². The molecule has 2 N–H and O–H groups in total. The largest absolute Gasteiger partial charge is 0.354 e. The maximum Gasteiger partial charge on any atom is 0.261 e. The van der Waals surface area contributed by atoms with Gasteiger partial charge in [-0.25, -0.2) is 0 Å². The number of para-hydroxylation sites is 1. The van der Waals surface area contributed by atoms with E-state index in [0.717, 1.165) is 32.9 Å². The van der Waals surface area contributed by atoms with E-state index in [4.69, 9.17) is 0 Å². The van der Waals surface area contributed by atoms with E-state index in [1.807, 2.05) is 64.1 Å². The average Bonchev–Trinajstić information content (AvgIpc) is 2.97. The number of rotatable bonds is 2. The van der Waals surface area contributed by atoms with Crippen molar-refractivity contribution in [2.75, 3.05) is 0 Å². The Balaban J connectivity index is 2.04. The molecule has 4 rings (SSSR count). The Kier molecular flexibility index (Phi) is 3.84. The van der Waals surface area contributed by atoms with E-state index in [0.29, 0.717) is 5.39 Å². The monoisotopic (exact) mass is 361 g/mol. The zero-order valence-corrected chi connectivity index (χ0v) is 16.0. The molecule has 27 heavy (non-hydrogen) atoms. The number of nitrogens with one attached hydrogen (secondary N) is 2. The summed E-state index contributed by atoms with van der Waals surface area (Å²) in [6, 6.07) is 13.7. The van der Waals surface area contributed by atoms with Gasteiger partial charge in [-0.2, -0.15) is 0 Å². The van der Waals surface area contributed by atoms with Crippen LogP contribution in [0.25, 0.3) is 32.7 Å². The van der Waals surface area contributed by atoms with Crippen LogP contribution in [-0.4, -0.2) is 21.0 Å². The number of nitrogens with zero attached hydrogens (tertiary/aromatic N) is 1. The van der Waals surface area contributed by atoms with Gasteiger partial charge < -0.3 is 10.3 Å². The number of carbonyl (C=O) groups is 1. The maximum absolute atomic E-state index is 13.4. The molecule has 0 saturated heterocycles. The Morgan fingerprint density at radius 2 is 1.85 bits per heavy atom. The summed E-state index contributed by atoms with van der Waals surface area (Å²) >= 11 is 0. The molecular formula is C22H23N3O2. The SMILES string of the molecule is Cc1ccc2c(c1)c1[nH]c3ccccc3c1c(=O)n2CC(=O)NC(C)(C)C. The molecule has 0 saturated carbocycles. The quantitative estimate of drug-likeness (QED) is 0.569. The van der Waals surface area contributed by atoms with Crippen molar-refractivity contribution >= 4 is 38.6 Å². The van der Waals surface area contributed by atoms with Gasteiger partial charge >= 0.3 is 0 Å². The minimum Gasteiger partial charge on any atom is -0.354 e.